The maximum Gasteiger partial charge on any atom is 0.191 e. The number of benzene rings is 2. The van der Waals surface area contributed by atoms with Crippen LogP contribution in [-0.2, 0) is 6.54 Å². The molecule has 0 saturated carbocycles. The number of para-hydroxylation sites is 1. The van der Waals surface area contributed by atoms with Crippen molar-refractivity contribution in [1.29, 1.82) is 5.26 Å². The lowest BCUT2D eigenvalue weighted by Gasteiger charge is -2.28. The highest BCUT2D eigenvalue weighted by molar-refractivity contribution is 5.80. The van der Waals surface area contributed by atoms with Crippen molar-refractivity contribution in [3.05, 3.63) is 65.2 Å². The van der Waals surface area contributed by atoms with Crippen LogP contribution in [0.2, 0.25) is 0 Å². The Labute approximate surface area is 142 Å². The third-order valence-corrected chi connectivity index (χ3v) is 4.04. The predicted molar refractivity (Wildman–Crippen MR) is 93.8 cm³/mol. The first-order chi connectivity index (χ1) is 11.8. The number of fused-ring (bicyclic) bond motifs is 1. The normalized spacial score (nSPS) is 16.5. The zero-order valence-electron chi connectivity index (χ0n) is 13.6. The zero-order valence-corrected chi connectivity index (χ0v) is 13.6. The SMILES string of the molecule is CN=C(NCc1ccc(C#N)cc1)NC1CCOc2ccccc21. The Morgan fingerprint density at radius 1 is 1.25 bits per heavy atom. The summed E-state index contributed by atoms with van der Waals surface area (Å²) in [6, 6.07) is 17.9. The maximum atomic E-state index is 8.84. The second-order valence-corrected chi connectivity index (χ2v) is 5.61. The van der Waals surface area contributed by atoms with Gasteiger partial charge in [-0.1, -0.05) is 30.3 Å². The number of nitrogens with zero attached hydrogens (tertiary/aromatic N) is 2. The first-order valence-electron chi connectivity index (χ1n) is 7.98. The standard InChI is InChI=1S/C19H20N4O/c1-21-19(22-13-15-8-6-14(12-20)7-9-15)23-17-10-11-24-18-5-3-2-4-16(17)18/h2-9,17H,10-11,13H2,1H3,(H2,21,22,23). The van der Waals surface area contributed by atoms with Crippen LogP contribution in [0.25, 0.3) is 0 Å². The lowest BCUT2D eigenvalue weighted by Crippen LogP contribution is -2.40. The molecule has 1 aliphatic heterocycles. The Balaban J connectivity index is 1.62. The van der Waals surface area contributed by atoms with E-state index < -0.39 is 0 Å². The van der Waals surface area contributed by atoms with Crippen LogP contribution in [0.1, 0.15) is 29.2 Å². The fraction of sp³-hybridized carbons (Fsp3) is 0.263. The van der Waals surface area contributed by atoms with Crippen molar-refractivity contribution in [3.8, 4) is 11.8 Å². The molecule has 0 fully saturated rings. The minimum Gasteiger partial charge on any atom is -0.493 e. The van der Waals surface area contributed by atoms with E-state index >= 15 is 0 Å². The van der Waals surface area contributed by atoms with E-state index in [1.807, 2.05) is 42.5 Å². The van der Waals surface area contributed by atoms with Crippen LogP contribution < -0.4 is 15.4 Å². The van der Waals surface area contributed by atoms with Crippen molar-refractivity contribution in [2.45, 2.75) is 19.0 Å². The monoisotopic (exact) mass is 320 g/mol. The van der Waals surface area contributed by atoms with Crippen molar-refractivity contribution in [2.24, 2.45) is 4.99 Å². The van der Waals surface area contributed by atoms with Crippen LogP contribution in [0.15, 0.2) is 53.5 Å². The number of hydrogen-bond donors (Lipinski definition) is 2. The largest absolute Gasteiger partial charge is 0.493 e. The Morgan fingerprint density at radius 2 is 2.04 bits per heavy atom. The average molecular weight is 320 g/mol. The van der Waals surface area contributed by atoms with Crippen LogP contribution in [0.4, 0.5) is 0 Å². The van der Waals surface area contributed by atoms with Gasteiger partial charge in [0.2, 0.25) is 0 Å². The van der Waals surface area contributed by atoms with Gasteiger partial charge in [0.15, 0.2) is 5.96 Å². The molecule has 122 valence electrons. The van der Waals surface area contributed by atoms with E-state index in [9.17, 15) is 0 Å². The summed E-state index contributed by atoms with van der Waals surface area (Å²) < 4.78 is 5.69. The number of hydrogen-bond acceptors (Lipinski definition) is 3. The Bertz CT molecular complexity index is 762. The molecular formula is C19H20N4O. The third kappa shape index (κ3) is 3.66. The van der Waals surface area contributed by atoms with Crippen molar-refractivity contribution in [1.82, 2.24) is 10.6 Å². The van der Waals surface area contributed by atoms with E-state index in [2.05, 4.69) is 27.8 Å². The Morgan fingerprint density at radius 3 is 2.79 bits per heavy atom. The van der Waals surface area contributed by atoms with E-state index in [4.69, 9.17) is 10.00 Å². The molecule has 0 saturated heterocycles. The minimum absolute atomic E-state index is 0.183. The first-order valence-corrected chi connectivity index (χ1v) is 7.98. The molecule has 0 bridgehead atoms. The second kappa shape index (κ2) is 7.51. The highest BCUT2D eigenvalue weighted by Crippen LogP contribution is 2.31. The molecule has 0 radical (unpaired) electrons. The Hall–Kier alpha value is -3.00. The van der Waals surface area contributed by atoms with Crippen molar-refractivity contribution < 1.29 is 4.74 Å². The van der Waals surface area contributed by atoms with Gasteiger partial charge in [-0.05, 0) is 23.8 Å². The van der Waals surface area contributed by atoms with Crippen molar-refractivity contribution >= 4 is 5.96 Å². The molecule has 5 heteroatoms. The lowest BCUT2D eigenvalue weighted by atomic mass is 10.0. The molecule has 0 aromatic heterocycles. The summed E-state index contributed by atoms with van der Waals surface area (Å²) in [7, 11) is 1.76. The summed E-state index contributed by atoms with van der Waals surface area (Å²) in [6.07, 6.45) is 0.897. The van der Waals surface area contributed by atoms with E-state index in [0.29, 0.717) is 18.7 Å². The van der Waals surface area contributed by atoms with Crippen molar-refractivity contribution in [3.63, 3.8) is 0 Å². The van der Waals surface area contributed by atoms with Gasteiger partial charge in [0, 0.05) is 25.6 Å². The molecule has 2 N–H and O–H groups in total. The maximum absolute atomic E-state index is 8.84. The summed E-state index contributed by atoms with van der Waals surface area (Å²) in [5.41, 5.74) is 2.93. The number of aliphatic imine (C=N–C) groups is 1. The molecule has 5 nitrogen and oxygen atoms in total. The first kappa shape index (κ1) is 15.9. The molecule has 1 atom stereocenters. The molecule has 2 aromatic carbocycles. The summed E-state index contributed by atoms with van der Waals surface area (Å²) >= 11 is 0. The number of guanidine groups is 1. The van der Waals surface area contributed by atoms with Gasteiger partial charge in [-0.15, -0.1) is 0 Å². The second-order valence-electron chi connectivity index (χ2n) is 5.61. The van der Waals surface area contributed by atoms with Crippen LogP contribution in [-0.4, -0.2) is 19.6 Å². The topological polar surface area (TPSA) is 69.4 Å². The smallest absolute Gasteiger partial charge is 0.191 e. The molecule has 3 rings (SSSR count). The highest BCUT2D eigenvalue weighted by Gasteiger charge is 2.21. The van der Waals surface area contributed by atoms with Gasteiger partial charge < -0.3 is 15.4 Å². The van der Waals surface area contributed by atoms with Crippen LogP contribution in [0, 0.1) is 11.3 Å². The quantitative estimate of drug-likeness (QED) is 0.674. The highest BCUT2D eigenvalue weighted by atomic mass is 16.5. The summed E-state index contributed by atoms with van der Waals surface area (Å²) in [5, 5.41) is 15.6. The van der Waals surface area contributed by atoms with E-state index in [-0.39, 0.29) is 6.04 Å². The molecule has 1 aliphatic rings. The van der Waals surface area contributed by atoms with Gasteiger partial charge in [-0.2, -0.15) is 5.26 Å². The Kier molecular flexibility index (Phi) is 4.97. The molecular weight excluding hydrogens is 300 g/mol. The molecule has 1 heterocycles. The van der Waals surface area contributed by atoms with Gasteiger partial charge in [-0.3, -0.25) is 4.99 Å². The van der Waals surface area contributed by atoms with E-state index in [1.165, 1.54) is 0 Å². The minimum atomic E-state index is 0.183. The molecule has 0 spiro atoms. The lowest BCUT2D eigenvalue weighted by molar-refractivity contribution is 0.261. The van der Waals surface area contributed by atoms with E-state index in [0.717, 1.165) is 29.3 Å². The molecule has 0 aliphatic carbocycles. The number of ether oxygens (including phenoxy) is 1. The third-order valence-electron chi connectivity index (χ3n) is 4.04. The fourth-order valence-corrected chi connectivity index (χ4v) is 2.73. The van der Waals surface area contributed by atoms with Gasteiger partial charge in [0.05, 0.1) is 24.3 Å². The van der Waals surface area contributed by atoms with Crippen molar-refractivity contribution in [2.75, 3.05) is 13.7 Å². The summed E-state index contributed by atoms with van der Waals surface area (Å²) in [4.78, 5) is 4.31. The zero-order chi connectivity index (χ0) is 16.8. The number of nitriles is 1. The summed E-state index contributed by atoms with van der Waals surface area (Å²) in [6.45, 7) is 1.34. The summed E-state index contributed by atoms with van der Waals surface area (Å²) in [5.74, 6) is 1.69. The molecule has 2 aromatic rings. The van der Waals surface area contributed by atoms with Gasteiger partial charge in [0.25, 0.3) is 0 Å². The molecule has 24 heavy (non-hydrogen) atoms. The number of nitrogens with one attached hydrogen (secondary N) is 2. The van der Waals surface area contributed by atoms with Gasteiger partial charge in [0.1, 0.15) is 5.75 Å². The van der Waals surface area contributed by atoms with Crippen LogP contribution in [0.5, 0.6) is 5.75 Å². The number of rotatable bonds is 3. The molecule has 1 unspecified atom stereocenters. The van der Waals surface area contributed by atoms with Crippen LogP contribution in [0.3, 0.4) is 0 Å². The molecule has 0 amide bonds. The fourth-order valence-electron chi connectivity index (χ4n) is 2.73. The van der Waals surface area contributed by atoms with Crippen LogP contribution >= 0.6 is 0 Å². The van der Waals surface area contributed by atoms with E-state index in [1.54, 1.807) is 7.05 Å². The van der Waals surface area contributed by atoms with Gasteiger partial charge in [-0.25, -0.2) is 0 Å². The van der Waals surface area contributed by atoms with Gasteiger partial charge >= 0.3 is 0 Å². The average Bonchev–Trinajstić information content (AvgIpc) is 2.65. The predicted octanol–water partition coefficient (Wildman–Crippen LogP) is 2.75.